The van der Waals surface area contributed by atoms with E-state index >= 15 is 0 Å². The van der Waals surface area contributed by atoms with Crippen molar-refractivity contribution in [2.45, 2.75) is 62.8 Å². The van der Waals surface area contributed by atoms with Crippen molar-refractivity contribution in [3.05, 3.63) is 24.3 Å². The van der Waals surface area contributed by atoms with Crippen LogP contribution in [0.1, 0.15) is 51.9 Å². The monoisotopic (exact) mass is 382 g/mol. The van der Waals surface area contributed by atoms with Crippen LogP contribution in [0.4, 0.5) is 5.69 Å². The molecule has 1 aromatic carbocycles. The maximum absolute atomic E-state index is 12.3. The van der Waals surface area contributed by atoms with Crippen LogP contribution >= 0.6 is 0 Å². The van der Waals surface area contributed by atoms with E-state index in [0.29, 0.717) is 18.5 Å². The van der Waals surface area contributed by atoms with Gasteiger partial charge in [0.2, 0.25) is 15.9 Å². The molecule has 0 saturated carbocycles. The molecule has 1 aromatic rings. The highest BCUT2D eigenvalue weighted by Crippen LogP contribution is 2.17. The van der Waals surface area contributed by atoms with Gasteiger partial charge in [0, 0.05) is 18.5 Å². The van der Waals surface area contributed by atoms with Crippen LogP contribution in [0.3, 0.4) is 0 Å². The molecule has 7 nitrogen and oxygen atoms in total. The molecule has 0 aromatic heterocycles. The van der Waals surface area contributed by atoms with Gasteiger partial charge in [-0.2, -0.15) is 4.72 Å². The number of cyclic esters (lactones) is 1. The van der Waals surface area contributed by atoms with Gasteiger partial charge in [-0.05, 0) is 30.7 Å². The fourth-order valence-corrected chi connectivity index (χ4v) is 3.91. The first-order valence-electron chi connectivity index (χ1n) is 9.01. The molecule has 1 amide bonds. The number of nitrogens with one attached hydrogen (secondary N) is 2. The van der Waals surface area contributed by atoms with Gasteiger partial charge < -0.3 is 10.1 Å². The first kappa shape index (κ1) is 20.4. The van der Waals surface area contributed by atoms with Gasteiger partial charge in [-0.25, -0.2) is 8.42 Å². The summed E-state index contributed by atoms with van der Waals surface area (Å²) >= 11 is 0. The van der Waals surface area contributed by atoms with Gasteiger partial charge >= 0.3 is 5.97 Å². The van der Waals surface area contributed by atoms with Gasteiger partial charge in [-0.1, -0.05) is 32.6 Å². The Bertz CT molecular complexity index is 716. The molecule has 1 saturated heterocycles. The van der Waals surface area contributed by atoms with Crippen LogP contribution in [0.5, 0.6) is 0 Å². The van der Waals surface area contributed by atoms with Crippen LogP contribution < -0.4 is 10.0 Å². The van der Waals surface area contributed by atoms with E-state index in [9.17, 15) is 18.0 Å². The first-order chi connectivity index (χ1) is 12.4. The number of carbonyl (C=O) groups excluding carboxylic acids is 2. The van der Waals surface area contributed by atoms with Crippen molar-refractivity contribution in [2.75, 3.05) is 11.9 Å². The molecule has 0 aliphatic carbocycles. The molecule has 2 N–H and O–H groups in total. The number of carbonyl (C=O) groups is 2. The average Bonchev–Trinajstić information content (AvgIpc) is 2.99. The maximum Gasteiger partial charge on any atom is 0.324 e. The Labute approximate surface area is 154 Å². The Morgan fingerprint density at radius 3 is 2.46 bits per heavy atom. The van der Waals surface area contributed by atoms with Crippen molar-refractivity contribution in [1.29, 1.82) is 0 Å². The van der Waals surface area contributed by atoms with Gasteiger partial charge in [0.25, 0.3) is 0 Å². The second kappa shape index (κ2) is 9.68. The second-order valence-electron chi connectivity index (χ2n) is 6.37. The molecule has 1 unspecified atom stereocenters. The summed E-state index contributed by atoms with van der Waals surface area (Å²) in [5.74, 6) is -0.639. The minimum atomic E-state index is -3.81. The normalized spacial score (nSPS) is 17.1. The van der Waals surface area contributed by atoms with Gasteiger partial charge in [0.1, 0.15) is 6.04 Å². The molecular weight excluding hydrogens is 356 g/mol. The lowest BCUT2D eigenvalue weighted by atomic mass is 10.1. The van der Waals surface area contributed by atoms with Crippen molar-refractivity contribution in [3.63, 3.8) is 0 Å². The summed E-state index contributed by atoms with van der Waals surface area (Å²) in [6, 6.07) is 5.04. The molecule has 0 radical (unpaired) electrons. The lowest BCUT2D eigenvalue weighted by Crippen LogP contribution is -2.37. The number of unbranched alkanes of at least 4 members (excludes halogenated alkanes) is 4. The topological polar surface area (TPSA) is 102 Å². The summed E-state index contributed by atoms with van der Waals surface area (Å²) in [6.07, 6.45) is 6.15. The number of esters is 1. The van der Waals surface area contributed by atoms with Crippen molar-refractivity contribution in [1.82, 2.24) is 4.72 Å². The third-order valence-corrected chi connectivity index (χ3v) is 5.68. The highest BCUT2D eigenvalue weighted by atomic mass is 32.2. The molecule has 26 heavy (non-hydrogen) atoms. The van der Waals surface area contributed by atoms with Crippen molar-refractivity contribution >= 4 is 27.6 Å². The third kappa shape index (κ3) is 6.10. The van der Waals surface area contributed by atoms with Crippen molar-refractivity contribution < 1.29 is 22.7 Å². The zero-order valence-electron chi connectivity index (χ0n) is 15.0. The number of ether oxygens (including phenoxy) is 1. The van der Waals surface area contributed by atoms with Gasteiger partial charge in [0.15, 0.2) is 0 Å². The van der Waals surface area contributed by atoms with Crippen molar-refractivity contribution in [3.8, 4) is 0 Å². The molecule has 0 spiro atoms. The quantitative estimate of drug-likeness (QED) is 0.478. The van der Waals surface area contributed by atoms with E-state index in [1.54, 1.807) is 0 Å². The molecule has 2 rings (SSSR count). The molecule has 0 bridgehead atoms. The van der Waals surface area contributed by atoms with Gasteiger partial charge in [-0.15, -0.1) is 0 Å². The fraction of sp³-hybridized carbons (Fsp3) is 0.556. The molecular formula is C18H26N2O5S. The number of hydrogen-bond donors (Lipinski definition) is 2. The Morgan fingerprint density at radius 2 is 1.85 bits per heavy atom. The molecule has 144 valence electrons. The lowest BCUT2D eigenvalue weighted by molar-refractivity contribution is -0.139. The number of anilines is 1. The minimum absolute atomic E-state index is 0.0368. The largest absolute Gasteiger partial charge is 0.464 e. The predicted octanol–water partition coefficient (Wildman–Crippen LogP) is 2.58. The van der Waals surface area contributed by atoms with E-state index in [0.717, 1.165) is 25.7 Å². The fourth-order valence-electron chi connectivity index (χ4n) is 2.69. The van der Waals surface area contributed by atoms with E-state index in [4.69, 9.17) is 4.74 Å². The number of amides is 1. The van der Waals surface area contributed by atoms with E-state index < -0.39 is 22.0 Å². The Balaban J connectivity index is 1.85. The SMILES string of the molecule is CCCCCCCC(=O)Nc1ccc(S(=O)(=O)NC2CCOC2=O)cc1. The van der Waals surface area contributed by atoms with E-state index in [1.165, 1.54) is 30.7 Å². The summed E-state index contributed by atoms with van der Waals surface area (Å²) in [7, 11) is -3.81. The maximum atomic E-state index is 12.3. The zero-order chi connectivity index (χ0) is 19.0. The summed E-state index contributed by atoms with van der Waals surface area (Å²) in [6.45, 7) is 2.36. The Kier molecular flexibility index (Phi) is 7.59. The Morgan fingerprint density at radius 1 is 1.15 bits per heavy atom. The summed E-state index contributed by atoms with van der Waals surface area (Å²) in [4.78, 5) is 23.3. The van der Waals surface area contributed by atoms with Crippen LogP contribution in [0, 0.1) is 0 Å². The summed E-state index contributed by atoms with van der Waals surface area (Å²) < 4.78 is 31.7. The summed E-state index contributed by atoms with van der Waals surface area (Å²) in [5, 5.41) is 2.76. The Hall–Kier alpha value is -1.93. The third-order valence-electron chi connectivity index (χ3n) is 4.19. The van der Waals surface area contributed by atoms with Crippen LogP contribution in [0.25, 0.3) is 0 Å². The number of sulfonamides is 1. The smallest absolute Gasteiger partial charge is 0.324 e. The molecule has 1 aliphatic heterocycles. The second-order valence-corrected chi connectivity index (χ2v) is 8.08. The standard InChI is InChI=1S/C18H26N2O5S/c1-2-3-4-5-6-7-17(21)19-14-8-10-15(11-9-14)26(23,24)20-16-12-13-25-18(16)22/h8-11,16,20H,2-7,12-13H2,1H3,(H,19,21). The molecule has 1 heterocycles. The minimum Gasteiger partial charge on any atom is -0.464 e. The molecule has 1 fully saturated rings. The molecule has 1 atom stereocenters. The van der Waals surface area contributed by atoms with Crippen molar-refractivity contribution in [2.24, 2.45) is 0 Å². The van der Waals surface area contributed by atoms with Crippen LogP contribution in [-0.4, -0.2) is 32.9 Å². The number of hydrogen-bond acceptors (Lipinski definition) is 5. The van der Waals surface area contributed by atoms with Crippen LogP contribution in [0.2, 0.25) is 0 Å². The highest BCUT2D eigenvalue weighted by Gasteiger charge is 2.31. The van der Waals surface area contributed by atoms with E-state index in [-0.39, 0.29) is 17.4 Å². The zero-order valence-corrected chi connectivity index (χ0v) is 15.8. The number of rotatable bonds is 10. The van der Waals surface area contributed by atoms with E-state index in [2.05, 4.69) is 17.0 Å². The van der Waals surface area contributed by atoms with Gasteiger partial charge in [0.05, 0.1) is 11.5 Å². The summed E-state index contributed by atoms with van der Waals surface area (Å²) in [5.41, 5.74) is 0.544. The number of benzene rings is 1. The first-order valence-corrected chi connectivity index (χ1v) is 10.5. The van der Waals surface area contributed by atoms with Crippen LogP contribution in [-0.2, 0) is 24.3 Å². The highest BCUT2D eigenvalue weighted by molar-refractivity contribution is 7.89. The average molecular weight is 382 g/mol. The predicted molar refractivity (Wildman–Crippen MR) is 98.1 cm³/mol. The van der Waals surface area contributed by atoms with Gasteiger partial charge in [-0.3, -0.25) is 9.59 Å². The lowest BCUT2D eigenvalue weighted by Gasteiger charge is -2.11. The van der Waals surface area contributed by atoms with Crippen LogP contribution in [0.15, 0.2) is 29.2 Å². The van der Waals surface area contributed by atoms with E-state index in [1.807, 2.05) is 0 Å². The molecule has 1 aliphatic rings. The molecule has 8 heteroatoms.